The maximum Gasteiger partial charge on any atom is 0.274 e. The highest BCUT2D eigenvalue weighted by Crippen LogP contribution is 2.26. The predicted molar refractivity (Wildman–Crippen MR) is 119 cm³/mol. The molecule has 160 valence electrons. The Kier molecular flexibility index (Phi) is 5.21. The minimum Gasteiger partial charge on any atom is -0.346 e. The zero-order chi connectivity index (χ0) is 22.2. The first-order chi connectivity index (χ1) is 14.8. The number of aryl methyl sites for hydroxylation is 2. The number of rotatable bonds is 6. The molecule has 0 saturated carbocycles. The third-order valence-electron chi connectivity index (χ3n) is 4.80. The van der Waals surface area contributed by atoms with Crippen molar-refractivity contribution in [2.75, 3.05) is 10.6 Å². The van der Waals surface area contributed by atoms with E-state index in [1.165, 1.54) is 10.6 Å². The van der Waals surface area contributed by atoms with E-state index in [1.54, 1.807) is 43.7 Å². The number of H-pyrrole nitrogens is 1. The zero-order valence-corrected chi connectivity index (χ0v) is 17.7. The number of nitrogens with two attached hydrogens (primary N) is 1. The number of hydrogen-bond acceptors (Lipinski definition) is 7. The van der Waals surface area contributed by atoms with Gasteiger partial charge in [0, 0.05) is 25.1 Å². The highest BCUT2D eigenvalue weighted by atomic mass is 32.2. The number of hydrogen-bond donors (Lipinski definition) is 4. The largest absolute Gasteiger partial charge is 0.346 e. The van der Waals surface area contributed by atoms with Crippen LogP contribution in [0.4, 0.5) is 23.1 Å². The van der Waals surface area contributed by atoms with E-state index in [2.05, 4.69) is 25.6 Å². The van der Waals surface area contributed by atoms with Gasteiger partial charge in [-0.25, -0.2) is 13.6 Å². The highest BCUT2D eigenvalue weighted by Gasteiger charge is 2.15. The Morgan fingerprint density at radius 3 is 2.71 bits per heavy atom. The third kappa shape index (κ3) is 4.13. The lowest BCUT2D eigenvalue weighted by Gasteiger charge is -2.12. The average Bonchev–Trinajstić information content (AvgIpc) is 3.19. The fourth-order valence-corrected chi connectivity index (χ4v) is 4.08. The molecule has 0 atom stereocenters. The molecule has 0 fully saturated rings. The first-order valence-electron chi connectivity index (χ1n) is 9.47. The summed E-state index contributed by atoms with van der Waals surface area (Å²) >= 11 is 0. The monoisotopic (exact) mass is 439 g/mol. The molecule has 3 heterocycles. The molecular formula is C20H21N7O3S. The van der Waals surface area contributed by atoms with Crippen molar-refractivity contribution in [2.45, 2.75) is 18.2 Å². The Balaban J connectivity index is 1.73. The number of benzene rings is 1. The molecule has 0 radical (unpaired) electrons. The number of nitrogens with zero attached hydrogens (tertiary/aromatic N) is 3. The van der Waals surface area contributed by atoms with Gasteiger partial charge in [0.1, 0.15) is 17.2 Å². The minimum atomic E-state index is -3.81. The number of fused-ring (bicyclic) bond motifs is 1. The van der Waals surface area contributed by atoms with Crippen LogP contribution in [0.5, 0.6) is 0 Å². The molecule has 0 unspecified atom stereocenters. The summed E-state index contributed by atoms with van der Waals surface area (Å²) in [5, 5.41) is 12.2. The van der Waals surface area contributed by atoms with Crippen LogP contribution in [-0.4, -0.2) is 27.9 Å². The topological polar surface area (TPSA) is 148 Å². The number of primary sulfonamides is 1. The second-order valence-corrected chi connectivity index (χ2v) is 8.47. The highest BCUT2D eigenvalue weighted by molar-refractivity contribution is 7.89. The van der Waals surface area contributed by atoms with Gasteiger partial charge in [0.25, 0.3) is 5.56 Å². The lowest BCUT2D eigenvalue weighted by molar-refractivity contribution is 0.596. The molecule has 11 heteroatoms. The molecule has 31 heavy (non-hydrogen) atoms. The minimum absolute atomic E-state index is 0.0866. The number of aromatic nitrogens is 4. The van der Waals surface area contributed by atoms with Crippen LogP contribution < -0.4 is 21.3 Å². The molecule has 0 aliphatic rings. The molecule has 5 N–H and O–H groups in total. The number of sulfonamides is 1. The van der Waals surface area contributed by atoms with Gasteiger partial charge in [-0.3, -0.25) is 4.79 Å². The summed E-state index contributed by atoms with van der Waals surface area (Å²) in [6.07, 6.45) is 3.89. The molecule has 1 aromatic carbocycles. The smallest absolute Gasteiger partial charge is 0.274 e. The fraction of sp³-hybridized carbons (Fsp3) is 0.150. The van der Waals surface area contributed by atoms with E-state index in [1.807, 2.05) is 13.0 Å². The Morgan fingerprint density at radius 2 is 1.97 bits per heavy atom. The fourth-order valence-electron chi connectivity index (χ4n) is 3.25. The number of anilines is 4. The predicted octanol–water partition coefficient (Wildman–Crippen LogP) is 2.35. The molecule has 0 spiro atoms. The molecule has 0 saturated heterocycles. The third-order valence-corrected chi connectivity index (χ3v) is 5.81. The average molecular weight is 440 g/mol. The van der Waals surface area contributed by atoms with Crippen LogP contribution in [-0.2, 0) is 23.5 Å². The first-order valence-corrected chi connectivity index (χ1v) is 11.0. The van der Waals surface area contributed by atoms with Crippen LogP contribution in [0.2, 0.25) is 0 Å². The van der Waals surface area contributed by atoms with Crippen molar-refractivity contribution in [3.8, 4) is 0 Å². The number of aromatic amines is 1. The lowest BCUT2D eigenvalue weighted by atomic mass is 10.1. The molecule has 3 aromatic heterocycles. The normalized spacial score (nSPS) is 11.6. The second kappa shape index (κ2) is 7.85. The van der Waals surface area contributed by atoms with Crippen molar-refractivity contribution >= 4 is 44.2 Å². The van der Waals surface area contributed by atoms with Gasteiger partial charge in [-0.1, -0.05) is 6.92 Å². The first kappa shape index (κ1) is 20.6. The summed E-state index contributed by atoms with van der Waals surface area (Å²) in [4.78, 5) is 24.5. The van der Waals surface area contributed by atoms with Gasteiger partial charge in [0.15, 0.2) is 0 Å². The van der Waals surface area contributed by atoms with Crippen LogP contribution in [0, 0.1) is 0 Å². The van der Waals surface area contributed by atoms with Gasteiger partial charge in [-0.15, -0.1) is 0 Å². The molecule has 4 aromatic rings. The van der Waals surface area contributed by atoms with Crippen LogP contribution in [0.15, 0.2) is 58.5 Å². The standard InChI is InChI=1S/C20H21N7O3S/c1-3-12-11-13(6-7-16(12)31(21,29)30)23-20-25-17-14(8-9-22-17)18(26-20)24-15-5-4-10-27(2)19(15)28/h4-11H,3H2,1-2H3,(H2,21,29,30)(H3,22,23,24,25,26). The molecule has 0 amide bonds. The number of pyridine rings is 1. The SMILES string of the molecule is CCc1cc(Nc2nc(Nc3cccn(C)c3=O)c3cc[nH]c3n2)ccc1S(N)(=O)=O. The summed E-state index contributed by atoms with van der Waals surface area (Å²) in [7, 11) is -2.14. The Morgan fingerprint density at radius 1 is 1.16 bits per heavy atom. The van der Waals surface area contributed by atoms with E-state index in [9.17, 15) is 13.2 Å². The zero-order valence-electron chi connectivity index (χ0n) is 16.9. The van der Waals surface area contributed by atoms with E-state index in [4.69, 9.17) is 5.14 Å². The molecule has 0 aliphatic carbocycles. The van der Waals surface area contributed by atoms with Crippen molar-refractivity contribution in [1.29, 1.82) is 0 Å². The summed E-state index contributed by atoms with van der Waals surface area (Å²) in [6.45, 7) is 1.84. The summed E-state index contributed by atoms with van der Waals surface area (Å²) in [5.74, 6) is 0.726. The van der Waals surface area contributed by atoms with Gasteiger partial charge < -0.3 is 20.2 Å². The summed E-state index contributed by atoms with van der Waals surface area (Å²) < 4.78 is 25.0. The van der Waals surface area contributed by atoms with Crippen molar-refractivity contribution in [2.24, 2.45) is 12.2 Å². The molecule has 0 bridgehead atoms. The van der Waals surface area contributed by atoms with Crippen molar-refractivity contribution in [3.05, 3.63) is 64.7 Å². The Hall–Kier alpha value is -3.70. The van der Waals surface area contributed by atoms with Gasteiger partial charge >= 0.3 is 0 Å². The van der Waals surface area contributed by atoms with Gasteiger partial charge in [-0.2, -0.15) is 9.97 Å². The Labute approximate surface area is 178 Å². The van der Waals surface area contributed by atoms with Crippen molar-refractivity contribution < 1.29 is 8.42 Å². The van der Waals surface area contributed by atoms with Crippen LogP contribution in [0.3, 0.4) is 0 Å². The van der Waals surface area contributed by atoms with Crippen molar-refractivity contribution in [1.82, 2.24) is 19.5 Å². The van der Waals surface area contributed by atoms with E-state index in [-0.39, 0.29) is 16.4 Å². The second-order valence-electron chi connectivity index (χ2n) is 6.94. The van der Waals surface area contributed by atoms with Gasteiger partial charge in [0.2, 0.25) is 16.0 Å². The Bertz CT molecular complexity index is 1440. The van der Waals surface area contributed by atoms with Crippen molar-refractivity contribution in [3.63, 3.8) is 0 Å². The maximum absolute atomic E-state index is 12.4. The van der Waals surface area contributed by atoms with Crippen LogP contribution in [0.25, 0.3) is 11.0 Å². The lowest BCUT2D eigenvalue weighted by Crippen LogP contribution is -2.19. The summed E-state index contributed by atoms with van der Waals surface area (Å²) in [6, 6.07) is 10.00. The van der Waals surface area contributed by atoms with Crippen LogP contribution in [0.1, 0.15) is 12.5 Å². The number of nitrogens with one attached hydrogen (secondary N) is 3. The van der Waals surface area contributed by atoms with E-state index in [0.717, 1.165) is 5.39 Å². The van der Waals surface area contributed by atoms with E-state index >= 15 is 0 Å². The summed E-state index contributed by atoms with van der Waals surface area (Å²) in [5.41, 5.74) is 1.95. The van der Waals surface area contributed by atoms with E-state index in [0.29, 0.717) is 34.8 Å². The molecule has 0 aliphatic heterocycles. The molecule has 4 rings (SSSR count). The van der Waals surface area contributed by atoms with Gasteiger partial charge in [-0.05, 0) is 48.4 Å². The van der Waals surface area contributed by atoms with Crippen LogP contribution >= 0.6 is 0 Å². The molecule has 10 nitrogen and oxygen atoms in total. The van der Waals surface area contributed by atoms with E-state index < -0.39 is 10.0 Å². The molecular weight excluding hydrogens is 418 g/mol. The maximum atomic E-state index is 12.4. The van der Waals surface area contributed by atoms with Gasteiger partial charge in [0.05, 0.1) is 10.3 Å². The quantitative estimate of drug-likeness (QED) is 0.360.